The van der Waals surface area contributed by atoms with Gasteiger partial charge in [-0.3, -0.25) is 4.79 Å². The zero-order valence-electron chi connectivity index (χ0n) is 5.78. The summed E-state index contributed by atoms with van der Waals surface area (Å²) in [7, 11) is -3.68. The highest BCUT2D eigenvalue weighted by Crippen LogP contribution is 2.11. The molecule has 0 amide bonds. The van der Waals surface area contributed by atoms with Crippen molar-refractivity contribution in [2.45, 2.75) is 4.90 Å². The van der Waals surface area contributed by atoms with Crippen LogP contribution in [0.25, 0.3) is 0 Å². The Morgan fingerprint density at radius 1 is 1.67 bits per heavy atom. The lowest BCUT2D eigenvalue weighted by molar-refractivity contribution is 0.497. The highest BCUT2D eigenvalue weighted by atomic mass is 79.9. The molecule has 1 atom stereocenters. The lowest BCUT2D eigenvalue weighted by Crippen LogP contribution is -2.28. The van der Waals surface area contributed by atoms with E-state index in [2.05, 4.69) is 20.9 Å². The Bertz CT molecular complexity index is 396. The van der Waals surface area contributed by atoms with Crippen molar-refractivity contribution >= 4 is 26.3 Å². The summed E-state index contributed by atoms with van der Waals surface area (Å²) in [6, 6.07) is 1.21. The molecule has 0 radical (unpaired) electrons. The molecule has 12 heavy (non-hydrogen) atoms. The van der Waals surface area contributed by atoms with Crippen LogP contribution in [-0.2, 0) is 14.6 Å². The largest absolute Gasteiger partial charge is 0.326 e. The van der Waals surface area contributed by atoms with Gasteiger partial charge in [0.25, 0.3) is 4.90 Å². The molecule has 0 saturated carbocycles. The number of halogens is 1. The Balaban J connectivity index is 3.44. The SMILES string of the molecule is N[S+](=O)(O)c1cc(Br)c[nH]c1=O. The summed E-state index contributed by atoms with van der Waals surface area (Å²) in [5.74, 6) is 0. The molecule has 0 aliphatic rings. The summed E-state index contributed by atoms with van der Waals surface area (Å²) >= 11 is 3.03. The number of hydrogen-bond donors (Lipinski definition) is 3. The molecular formula is C5H6BrN2O3S+. The highest BCUT2D eigenvalue weighted by Gasteiger charge is 2.27. The van der Waals surface area contributed by atoms with Crippen LogP contribution in [0.1, 0.15) is 0 Å². The second-order valence-corrected chi connectivity index (χ2v) is 4.57. The minimum absolute atomic E-state index is 0.336. The van der Waals surface area contributed by atoms with E-state index in [1.165, 1.54) is 12.3 Å². The molecule has 0 aromatic carbocycles. The fourth-order valence-corrected chi connectivity index (χ4v) is 1.77. The topological polar surface area (TPSA) is 96.2 Å². The molecule has 0 bridgehead atoms. The van der Waals surface area contributed by atoms with Gasteiger partial charge in [0.05, 0.1) is 0 Å². The summed E-state index contributed by atoms with van der Waals surface area (Å²) < 4.78 is 20.2. The van der Waals surface area contributed by atoms with E-state index in [1.54, 1.807) is 0 Å². The van der Waals surface area contributed by atoms with Crippen LogP contribution in [0.15, 0.2) is 26.4 Å². The third-order valence-electron chi connectivity index (χ3n) is 1.15. The van der Waals surface area contributed by atoms with E-state index in [0.29, 0.717) is 4.47 Å². The van der Waals surface area contributed by atoms with Crippen molar-refractivity contribution in [1.29, 1.82) is 0 Å². The van der Waals surface area contributed by atoms with Crippen LogP contribution in [-0.4, -0.2) is 9.54 Å². The molecule has 66 valence electrons. The Kier molecular flexibility index (Phi) is 2.47. The van der Waals surface area contributed by atoms with Gasteiger partial charge in [0.1, 0.15) is 0 Å². The fraction of sp³-hybridized carbons (Fsp3) is 0. The number of H-pyrrole nitrogens is 1. The van der Waals surface area contributed by atoms with Crippen LogP contribution < -0.4 is 10.7 Å². The number of rotatable bonds is 1. The van der Waals surface area contributed by atoms with Crippen molar-refractivity contribution in [2.75, 3.05) is 0 Å². The Hall–Kier alpha value is -0.500. The standard InChI is InChI=1S/C5H5BrN2O3S/c6-3-1-4(12(7,10)11)5(9)8-2-3/h1-2H,(H3-,7,8,9,10,11)/p+1. The average Bonchev–Trinajstić information content (AvgIpc) is 1.92. The van der Waals surface area contributed by atoms with Crippen molar-refractivity contribution in [1.82, 2.24) is 4.98 Å². The zero-order valence-corrected chi connectivity index (χ0v) is 8.18. The molecule has 0 fully saturated rings. The molecule has 1 heterocycles. The van der Waals surface area contributed by atoms with Crippen LogP contribution in [0.2, 0.25) is 0 Å². The van der Waals surface area contributed by atoms with Crippen LogP contribution in [0.4, 0.5) is 0 Å². The van der Waals surface area contributed by atoms with Crippen molar-refractivity contribution in [3.8, 4) is 0 Å². The molecule has 1 rings (SSSR count). The molecule has 1 aromatic rings. The van der Waals surface area contributed by atoms with Gasteiger partial charge < -0.3 is 4.98 Å². The van der Waals surface area contributed by atoms with Gasteiger partial charge in [-0.2, -0.15) is 4.55 Å². The zero-order chi connectivity index (χ0) is 9.35. The maximum Gasteiger partial charge on any atom is 0.326 e. The number of nitrogens with two attached hydrogens (primary N) is 1. The predicted molar refractivity (Wildman–Crippen MR) is 47.9 cm³/mol. The minimum Gasteiger partial charge on any atom is -0.324 e. The molecular weight excluding hydrogens is 248 g/mol. The van der Waals surface area contributed by atoms with Gasteiger partial charge in [-0.1, -0.05) is 0 Å². The molecule has 7 heteroatoms. The third kappa shape index (κ3) is 2.01. The van der Waals surface area contributed by atoms with Gasteiger partial charge >= 0.3 is 16.0 Å². The van der Waals surface area contributed by atoms with E-state index in [9.17, 15) is 9.00 Å². The van der Waals surface area contributed by atoms with Gasteiger partial charge in [0.2, 0.25) is 0 Å². The number of nitrogens with one attached hydrogen (secondary N) is 1. The van der Waals surface area contributed by atoms with Gasteiger partial charge in [0.15, 0.2) is 0 Å². The molecule has 0 aliphatic heterocycles. The lowest BCUT2D eigenvalue weighted by atomic mass is 10.5. The molecule has 1 unspecified atom stereocenters. The summed E-state index contributed by atoms with van der Waals surface area (Å²) in [6.07, 6.45) is 1.36. The second kappa shape index (κ2) is 3.09. The van der Waals surface area contributed by atoms with Gasteiger partial charge in [0, 0.05) is 16.7 Å². The first-order valence-electron chi connectivity index (χ1n) is 2.84. The summed E-state index contributed by atoms with van der Waals surface area (Å²) in [5, 5.41) is 4.87. The first-order chi connectivity index (χ1) is 5.41. The van der Waals surface area contributed by atoms with Crippen molar-refractivity contribution < 1.29 is 8.76 Å². The average molecular weight is 254 g/mol. The number of aromatic nitrogens is 1. The Labute approximate surface area is 77.5 Å². The van der Waals surface area contributed by atoms with Gasteiger partial charge in [-0.15, -0.1) is 5.14 Å². The first-order valence-corrected chi connectivity index (χ1v) is 5.21. The highest BCUT2D eigenvalue weighted by molar-refractivity contribution is 9.10. The van der Waals surface area contributed by atoms with Gasteiger partial charge in [-0.05, 0) is 20.1 Å². The van der Waals surface area contributed by atoms with Crippen molar-refractivity contribution in [3.05, 3.63) is 27.1 Å². The second-order valence-electron chi connectivity index (χ2n) is 2.08. The maximum absolute atomic E-state index is 10.9. The van der Waals surface area contributed by atoms with Crippen LogP contribution in [0, 0.1) is 0 Å². The predicted octanol–water partition coefficient (Wildman–Crippen LogP) is 0.342. The van der Waals surface area contributed by atoms with E-state index in [0.717, 1.165) is 0 Å². The smallest absolute Gasteiger partial charge is 0.324 e. The molecule has 0 spiro atoms. The van der Waals surface area contributed by atoms with Crippen LogP contribution in [0.5, 0.6) is 0 Å². The van der Waals surface area contributed by atoms with Gasteiger partial charge in [-0.25, -0.2) is 0 Å². The number of aromatic amines is 1. The molecule has 5 nitrogen and oxygen atoms in total. The van der Waals surface area contributed by atoms with Crippen LogP contribution >= 0.6 is 15.9 Å². The fourth-order valence-electron chi connectivity index (χ4n) is 0.655. The maximum atomic E-state index is 10.9. The normalized spacial score (nSPS) is 15.6. The third-order valence-corrected chi connectivity index (χ3v) is 2.54. The monoisotopic (exact) mass is 253 g/mol. The number of pyridine rings is 1. The summed E-state index contributed by atoms with van der Waals surface area (Å²) in [4.78, 5) is 12.8. The Morgan fingerprint density at radius 2 is 2.25 bits per heavy atom. The van der Waals surface area contributed by atoms with E-state index in [4.69, 9.17) is 9.69 Å². The van der Waals surface area contributed by atoms with E-state index in [-0.39, 0.29) is 4.90 Å². The van der Waals surface area contributed by atoms with E-state index >= 15 is 0 Å². The first kappa shape index (κ1) is 9.59. The van der Waals surface area contributed by atoms with Crippen molar-refractivity contribution in [3.63, 3.8) is 0 Å². The molecule has 0 saturated heterocycles. The van der Waals surface area contributed by atoms with E-state index < -0.39 is 16.0 Å². The quantitative estimate of drug-likeness (QED) is 0.630. The van der Waals surface area contributed by atoms with Crippen LogP contribution in [0.3, 0.4) is 0 Å². The Morgan fingerprint density at radius 3 is 2.67 bits per heavy atom. The molecule has 1 aromatic heterocycles. The molecule has 0 aliphatic carbocycles. The van der Waals surface area contributed by atoms with Crippen molar-refractivity contribution in [2.24, 2.45) is 5.14 Å². The van der Waals surface area contributed by atoms with E-state index in [1.807, 2.05) is 0 Å². The minimum atomic E-state index is -3.68. The summed E-state index contributed by atoms with van der Waals surface area (Å²) in [5.41, 5.74) is -0.659. The number of hydrogen-bond acceptors (Lipinski definition) is 2. The summed E-state index contributed by atoms with van der Waals surface area (Å²) in [6.45, 7) is 0. The molecule has 4 N–H and O–H groups in total. The lowest BCUT2D eigenvalue weighted by Gasteiger charge is -1.95.